The molecule has 0 spiro atoms. The highest BCUT2D eigenvalue weighted by Gasteiger charge is 2.23. The van der Waals surface area contributed by atoms with E-state index in [1.807, 2.05) is 43.3 Å². The minimum Gasteiger partial charge on any atom is -0.489 e. The molecule has 2 aromatic carbocycles. The number of carbonyl (C=O) groups is 1. The summed E-state index contributed by atoms with van der Waals surface area (Å²) in [5, 5.41) is 0. The summed E-state index contributed by atoms with van der Waals surface area (Å²) < 4.78 is 11.3. The van der Waals surface area contributed by atoms with Crippen molar-refractivity contribution in [3.63, 3.8) is 0 Å². The molecule has 0 amide bonds. The first-order valence-corrected chi connectivity index (χ1v) is 6.29. The van der Waals surface area contributed by atoms with Gasteiger partial charge in [-0.3, -0.25) is 4.79 Å². The number of Topliss-reactive ketones (excluding diaryl/α,β-unsaturated/α-hetero) is 1. The van der Waals surface area contributed by atoms with E-state index in [4.69, 9.17) is 9.47 Å². The normalized spacial score (nSPS) is 17.5. The first-order chi connectivity index (χ1) is 9.22. The van der Waals surface area contributed by atoms with Gasteiger partial charge in [-0.05, 0) is 37.3 Å². The molecule has 0 saturated carbocycles. The number of hydrogen-bond donors (Lipinski definition) is 0. The highest BCUT2D eigenvalue weighted by atomic mass is 16.5. The molecule has 0 saturated heterocycles. The third-order valence-corrected chi connectivity index (χ3v) is 3.03. The Labute approximate surface area is 111 Å². The Morgan fingerprint density at radius 2 is 1.89 bits per heavy atom. The lowest BCUT2D eigenvalue weighted by atomic mass is 10.0. The summed E-state index contributed by atoms with van der Waals surface area (Å²) in [7, 11) is 0. The predicted molar refractivity (Wildman–Crippen MR) is 72.0 cm³/mol. The largest absolute Gasteiger partial charge is 0.489 e. The van der Waals surface area contributed by atoms with E-state index in [0.29, 0.717) is 23.5 Å². The number of ketones is 1. The number of rotatable bonds is 2. The van der Waals surface area contributed by atoms with E-state index in [1.54, 1.807) is 12.1 Å². The summed E-state index contributed by atoms with van der Waals surface area (Å²) in [6.45, 7) is 1.90. The third kappa shape index (κ3) is 2.45. The molecular weight excluding hydrogens is 240 g/mol. The van der Waals surface area contributed by atoms with Gasteiger partial charge in [0.05, 0.1) is 5.56 Å². The minimum atomic E-state index is -0.0547. The van der Waals surface area contributed by atoms with Crippen LogP contribution in [0, 0.1) is 0 Å². The summed E-state index contributed by atoms with van der Waals surface area (Å²) in [4.78, 5) is 12.0. The van der Waals surface area contributed by atoms with Crippen LogP contribution in [0.25, 0.3) is 0 Å². The maximum atomic E-state index is 12.0. The Kier molecular flexibility index (Phi) is 2.95. The first kappa shape index (κ1) is 11.8. The maximum Gasteiger partial charge on any atom is 0.170 e. The van der Waals surface area contributed by atoms with Gasteiger partial charge in [0.25, 0.3) is 0 Å². The molecule has 3 nitrogen and oxygen atoms in total. The van der Waals surface area contributed by atoms with Crippen molar-refractivity contribution in [3.8, 4) is 17.2 Å². The van der Waals surface area contributed by atoms with E-state index < -0.39 is 0 Å². The van der Waals surface area contributed by atoms with E-state index in [2.05, 4.69) is 0 Å². The van der Waals surface area contributed by atoms with Crippen LogP contribution in [0.3, 0.4) is 0 Å². The Morgan fingerprint density at radius 1 is 1.11 bits per heavy atom. The van der Waals surface area contributed by atoms with Crippen LogP contribution in [-0.4, -0.2) is 11.9 Å². The first-order valence-electron chi connectivity index (χ1n) is 6.29. The van der Waals surface area contributed by atoms with Crippen LogP contribution in [0.5, 0.6) is 17.2 Å². The molecule has 0 N–H and O–H groups in total. The summed E-state index contributed by atoms with van der Waals surface area (Å²) in [6, 6.07) is 14.8. The van der Waals surface area contributed by atoms with Crippen LogP contribution in [0.15, 0.2) is 48.5 Å². The number of carbonyl (C=O) groups excluding carboxylic acids is 1. The van der Waals surface area contributed by atoms with E-state index in [-0.39, 0.29) is 11.9 Å². The maximum absolute atomic E-state index is 12.0. The second-order valence-electron chi connectivity index (χ2n) is 4.63. The van der Waals surface area contributed by atoms with Crippen LogP contribution in [0.1, 0.15) is 23.7 Å². The fraction of sp³-hybridized carbons (Fsp3) is 0.188. The molecule has 0 aliphatic carbocycles. The molecule has 3 rings (SSSR count). The molecular formula is C16H14O3. The van der Waals surface area contributed by atoms with Gasteiger partial charge >= 0.3 is 0 Å². The second-order valence-corrected chi connectivity index (χ2v) is 4.63. The molecule has 0 bridgehead atoms. The third-order valence-electron chi connectivity index (χ3n) is 3.03. The monoisotopic (exact) mass is 254 g/mol. The lowest BCUT2D eigenvalue weighted by molar-refractivity contribution is 0.0870. The summed E-state index contributed by atoms with van der Waals surface area (Å²) in [5.41, 5.74) is 0.603. The Morgan fingerprint density at radius 3 is 2.68 bits per heavy atom. The van der Waals surface area contributed by atoms with Crippen LogP contribution < -0.4 is 9.47 Å². The molecule has 1 unspecified atom stereocenters. The zero-order valence-corrected chi connectivity index (χ0v) is 10.6. The molecule has 19 heavy (non-hydrogen) atoms. The molecule has 0 fully saturated rings. The average molecular weight is 254 g/mol. The van der Waals surface area contributed by atoms with E-state index in [9.17, 15) is 4.79 Å². The van der Waals surface area contributed by atoms with Crippen molar-refractivity contribution in [1.29, 1.82) is 0 Å². The summed E-state index contributed by atoms with van der Waals surface area (Å²) in [6.07, 6.45) is 0.364. The SMILES string of the molecule is CC1CC(=O)c2cc(Oc3ccccc3)ccc2O1. The van der Waals surface area contributed by atoms with Crippen molar-refractivity contribution in [2.75, 3.05) is 0 Å². The number of ether oxygens (including phenoxy) is 2. The minimum absolute atomic E-state index is 0.0547. The molecule has 3 heteroatoms. The number of para-hydroxylation sites is 1. The average Bonchev–Trinajstić information content (AvgIpc) is 2.40. The van der Waals surface area contributed by atoms with Gasteiger partial charge in [0, 0.05) is 6.42 Å². The van der Waals surface area contributed by atoms with Crippen molar-refractivity contribution in [2.24, 2.45) is 0 Å². The van der Waals surface area contributed by atoms with Gasteiger partial charge < -0.3 is 9.47 Å². The van der Waals surface area contributed by atoms with Gasteiger partial charge in [-0.1, -0.05) is 18.2 Å². The topological polar surface area (TPSA) is 35.5 Å². The molecule has 96 valence electrons. The highest BCUT2D eigenvalue weighted by molar-refractivity contribution is 6.00. The fourth-order valence-electron chi connectivity index (χ4n) is 2.15. The van der Waals surface area contributed by atoms with Crippen molar-refractivity contribution in [3.05, 3.63) is 54.1 Å². The molecule has 2 aromatic rings. The molecule has 1 aliphatic heterocycles. The van der Waals surface area contributed by atoms with Gasteiger partial charge in [0.2, 0.25) is 0 Å². The van der Waals surface area contributed by atoms with Gasteiger partial charge in [0.15, 0.2) is 5.78 Å². The van der Waals surface area contributed by atoms with Crippen molar-refractivity contribution in [1.82, 2.24) is 0 Å². The van der Waals surface area contributed by atoms with Crippen LogP contribution in [0.4, 0.5) is 0 Å². The number of fused-ring (bicyclic) bond motifs is 1. The van der Waals surface area contributed by atoms with Gasteiger partial charge in [0.1, 0.15) is 23.4 Å². The number of hydrogen-bond acceptors (Lipinski definition) is 3. The smallest absolute Gasteiger partial charge is 0.170 e. The highest BCUT2D eigenvalue weighted by Crippen LogP contribution is 2.32. The fourth-order valence-corrected chi connectivity index (χ4v) is 2.15. The van der Waals surface area contributed by atoms with E-state index in [0.717, 1.165) is 5.75 Å². The van der Waals surface area contributed by atoms with E-state index in [1.165, 1.54) is 0 Å². The van der Waals surface area contributed by atoms with Crippen LogP contribution in [0.2, 0.25) is 0 Å². The van der Waals surface area contributed by atoms with E-state index >= 15 is 0 Å². The quantitative estimate of drug-likeness (QED) is 0.817. The molecule has 0 radical (unpaired) electrons. The zero-order chi connectivity index (χ0) is 13.2. The summed E-state index contributed by atoms with van der Waals surface area (Å²) >= 11 is 0. The van der Waals surface area contributed by atoms with Crippen molar-refractivity contribution in [2.45, 2.75) is 19.4 Å². The second kappa shape index (κ2) is 4.76. The van der Waals surface area contributed by atoms with Gasteiger partial charge in [-0.2, -0.15) is 0 Å². The van der Waals surface area contributed by atoms with Gasteiger partial charge in [-0.25, -0.2) is 0 Å². The van der Waals surface area contributed by atoms with Crippen LogP contribution >= 0.6 is 0 Å². The van der Waals surface area contributed by atoms with Crippen LogP contribution in [-0.2, 0) is 0 Å². The summed E-state index contributed by atoms with van der Waals surface area (Å²) in [5.74, 6) is 2.15. The zero-order valence-electron chi connectivity index (χ0n) is 10.6. The Balaban J connectivity index is 1.89. The predicted octanol–water partition coefficient (Wildman–Crippen LogP) is 3.83. The van der Waals surface area contributed by atoms with Crippen molar-refractivity contribution < 1.29 is 14.3 Å². The Hall–Kier alpha value is -2.29. The Bertz CT molecular complexity index is 605. The molecule has 1 atom stereocenters. The van der Waals surface area contributed by atoms with Crippen molar-refractivity contribution >= 4 is 5.78 Å². The molecule has 0 aromatic heterocycles. The molecule has 1 heterocycles. The number of benzene rings is 2. The van der Waals surface area contributed by atoms with Gasteiger partial charge in [-0.15, -0.1) is 0 Å². The standard InChI is InChI=1S/C16H14O3/c1-11-9-15(17)14-10-13(7-8-16(14)18-11)19-12-5-3-2-4-6-12/h2-8,10-11H,9H2,1H3. The molecule has 1 aliphatic rings. The lowest BCUT2D eigenvalue weighted by Gasteiger charge is -2.22. The lowest BCUT2D eigenvalue weighted by Crippen LogP contribution is -2.23.